The highest BCUT2D eigenvalue weighted by molar-refractivity contribution is 5.96. The van der Waals surface area contributed by atoms with Gasteiger partial charge in [0.1, 0.15) is 28.7 Å². The number of anilines is 3. The summed E-state index contributed by atoms with van der Waals surface area (Å²) in [7, 11) is 1.19. The van der Waals surface area contributed by atoms with Crippen LogP contribution in [0.4, 0.5) is 35.3 Å². The summed E-state index contributed by atoms with van der Waals surface area (Å²) in [6.45, 7) is -0.100. The Kier molecular flexibility index (Phi) is 6.98. The largest absolute Gasteiger partial charge is 0.452 e. The third kappa shape index (κ3) is 5.01. The second kappa shape index (κ2) is 10.9. The number of carbonyl (C=O) groups is 1. The van der Waals surface area contributed by atoms with Crippen molar-refractivity contribution in [3.05, 3.63) is 107 Å². The quantitative estimate of drug-likeness (QED) is 0.269. The Morgan fingerprint density at radius 1 is 0.907 bits per heavy atom. The van der Waals surface area contributed by atoms with E-state index >= 15 is 0 Å². The molecule has 10 nitrogen and oxygen atoms in total. The number of benzene rings is 3. The van der Waals surface area contributed by atoms with Gasteiger partial charge >= 0.3 is 6.09 Å². The van der Waals surface area contributed by atoms with Gasteiger partial charge in [-0.3, -0.25) is 4.90 Å². The predicted molar refractivity (Wildman–Crippen MR) is 155 cm³/mol. The molecule has 0 saturated carbocycles. The van der Waals surface area contributed by atoms with Gasteiger partial charge in [0.05, 0.1) is 31.1 Å². The van der Waals surface area contributed by atoms with E-state index in [1.807, 2.05) is 0 Å². The highest BCUT2D eigenvalue weighted by atomic mass is 19.1. The Bertz CT molecular complexity index is 2010. The lowest BCUT2D eigenvalue weighted by molar-refractivity contribution is 0.178. The van der Waals surface area contributed by atoms with Gasteiger partial charge in [0.15, 0.2) is 11.6 Å². The number of nitrogens with zero attached hydrogens (tertiary/aromatic N) is 6. The molecule has 0 atom stereocenters. The summed E-state index contributed by atoms with van der Waals surface area (Å²) < 4.78 is 49.4. The molecule has 3 heterocycles. The number of nitrogen functional groups attached to an aromatic ring is 2. The van der Waals surface area contributed by atoms with Crippen molar-refractivity contribution < 1.29 is 22.7 Å². The number of amides is 1. The van der Waals surface area contributed by atoms with Crippen molar-refractivity contribution >= 4 is 45.2 Å². The van der Waals surface area contributed by atoms with Gasteiger partial charge in [0.2, 0.25) is 0 Å². The first kappa shape index (κ1) is 27.4. The van der Waals surface area contributed by atoms with E-state index in [1.54, 1.807) is 48.5 Å². The van der Waals surface area contributed by atoms with Crippen LogP contribution in [0.5, 0.6) is 0 Å². The second-order valence-electron chi connectivity index (χ2n) is 9.60. The van der Waals surface area contributed by atoms with Crippen molar-refractivity contribution in [2.75, 3.05) is 23.5 Å². The predicted octanol–water partition coefficient (Wildman–Crippen LogP) is 5.31. The molecule has 0 spiro atoms. The molecule has 0 aliphatic heterocycles. The van der Waals surface area contributed by atoms with E-state index < -0.39 is 23.5 Å². The van der Waals surface area contributed by atoms with Crippen LogP contribution in [0.3, 0.4) is 0 Å². The number of pyridine rings is 1. The van der Waals surface area contributed by atoms with Gasteiger partial charge in [-0.2, -0.15) is 19.7 Å². The first-order valence-corrected chi connectivity index (χ1v) is 13.0. The van der Waals surface area contributed by atoms with Crippen LogP contribution in [-0.2, 0) is 17.7 Å². The first-order valence-electron chi connectivity index (χ1n) is 13.0. The molecule has 0 unspecified atom stereocenters. The third-order valence-electron chi connectivity index (χ3n) is 6.94. The molecule has 0 saturated heterocycles. The molecular formula is C30H23F3N8O2. The Labute approximate surface area is 242 Å². The molecule has 1 amide bonds. The molecule has 6 rings (SSSR count). The zero-order valence-electron chi connectivity index (χ0n) is 22.6. The van der Waals surface area contributed by atoms with Crippen LogP contribution in [0.15, 0.2) is 72.9 Å². The minimum absolute atomic E-state index is 0.0450. The van der Waals surface area contributed by atoms with Gasteiger partial charge in [-0.15, -0.1) is 0 Å². The SMILES string of the molecule is COC(=O)N(Cc1ccc(F)c2ccccc12)c1c(N)nc(-n2nc(Cc3ccccc3F)c3ncc(F)cc32)nc1N. The van der Waals surface area contributed by atoms with Crippen molar-refractivity contribution in [2.24, 2.45) is 0 Å². The van der Waals surface area contributed by atoms with Crippen LogP contribution in [0.1, 0.15) is 16.8 Å². The normalized spacial score (nSPS) is 11.3. The number of fused-ring (bicyclic) bond motifs is 2. The zero-order valence-corrected chi connectivity index (χ0v) is 22.6. The van der Waals surface area contributed by atoms with E-state index in [0.717, 1.165) is 11.1 Å². The smallest absolute Gasteiger partial charge is 0.414 e. The molecule has 0 radical (unpaired) electrons. The lowest BCUT2D eigenvalue weighted by Crippen LogP contribution is -2.32. The first-order chi connectivity index (χ1) is 20.7. The Balaban J connectivity index is 1.44. The Morgan fingerprint density at radius 3 is 2.33 bits per heavy atom. The monoisotopic (exact) mass is 584 g/mol. The summed E-state index contributed by atoms with van der Waals surface area (Å²) in [5, 5.41) is 5.44. The van der Waals surface area contributed by atoms with E-state index in [9.17, 15) is 18.0 Å². The average Bonchev–Trinajstić information content (AvgIpc) is 3.35. The molecule has 3 aromatic carbocycles. The van der Waals surface area contributed by atoms with Crippen molar-refractivity contribution in [2.45, 2.75) is 13.0 Å². The summed E-state index contributed by atoms with van der Waals surface area (Å²) in [5.41, 5.74) is 14.4. The third-order valence-corrected chi connectivity index (χ3v) is 6.94. The fraction of sp³-hybridized carbons (Fsp3) is 0.100. The van der Waals surface area contributed by atoms with Crippen LogP contribution < -0.4 is 16.4 Å². The number of hydrogen-bond donors (Lipinski definition) is 2. The van der Waals surface area contributed by atoms with Crippen molar-refractivity contribution in [1.82, 2.24) is 24.7 Å². The molecule has 0 bridgehead atoms. The summed E-state index contributed by atoms with van der Waals surface area (Å²) in [4.78, 5) is 26.9. The molecule has 216 valence electrons. The maximum Gasteiger partial charge on any atom is 0.414 e. The molecule has 4 N–H and O–H groups in total. The standard InChI is InChI=1S/C30H23F3N8O2/c1-43-30(42)40(15-17-10-11-22(33)20-8-4-3-7-19(17)20)26-27(34)37-29(38-28(26)35)41-24-13-18(31)14-36-25(24)23(39-41)12-16-6-2-5-9-21(16)32/h2-11,13-14H,12,15H2,1H3,(H4,34,35,37,38). The molecule has 6 aromatic rings. The molecule has 0 fully saturated rings. The van der Waals surface area contributed by atoms with E-state index in [4.69, 9.17) is 16.2 Å². The molecule has 13 heteroatoms. The van der Waals surface area contributed by atoms with Crippen LogP contribution in [-0.4, -0.2) is 37.9 Å². The highest BCUT2D eigenvalue weighted by Gasteiger charge is 2.27. The van der Waals surface area contributed by atoms with Gasteiger partial charge in [-0.05, 0) is 28.6 Å². The molecule has 3 aromatic heterocycles. The fourth-order valence-electron chi connectivity index (χ4n) is 4.95. The van der Waals surface area contributed by atoms with E-state index in [0.29, 0.717) is 33.1 Å². The van der Waals surface area contributed by atoms with Gasteiger partial charge in [-0.25, -0.2) is 22.9 Å². The van der Waals surface area contributed by atoms with Gasteiger partial charge in [0.25, 0.3) is 5.95 Å². The number of hydrogen-bond acceptors (Lipinski definition) is 8. The maximum absolute atomic E-state index is 14.4. The van der Waals surface area contributed by atoms with Crippen LogP contribution in [0.25, 0.3) is 27.8 Å². The topological polar surface area (TPSA) is 138 Å². The Morgan fingerprint density at radius 2 is 1.60 bits per heavy atom. The Hall–Kier alpha value is -5.72. The van der Waals surface area contributed by atoms with Crippen molar-refractivity contribution in [3.8, 4) is 5.95 Å². The zero-order chi connectivity index (χ0) is 30.2. The number of aromatic nitrogens is 5. The van der Waals surface area contributed by atoms with Crippen LogP contribution >= 0.6 is 0 Å². The number of nitrogens with two attached hydrogens (primary N) is 2. The summed E-state index contributed by atoms with van der Waals surface area (Å²) >= 11 is 0. The summed E-state index contributed by atoms with van der Waals surface area (Å²) in [6.07, 6.45) is 0.268. The molecule has 0 aliphatic carbocycles. The lowest BCUT2D eigenvalue weighted by Gasteiger charge is -2.24. The van der Waals surface area contributed by atoms with E-state index in [1.165, 1.54) is 30.0 Å². The molecule has 43 heavy (non-hydrogen) atoms. The van der Waals surface area contributed by atoms with Crippen LogP contribution in [0, 0.1) is 17.5 Å². The van der Waals surface area contributed by atoms with Gasteiger partial charge < -0.3 is 16.2 Å². The molecule has 0 aliphatic rings. The number of halogens is 3. The minimum atomic E-state index is -0.814. The minimum Gasteiger partial charge on any atom is -0.452 e. The second-order valence-corrected chi connectivity index (χ2v) is 9.60. The number of rotatable bonds is 6. The van der Waals surface area contributed by atoms with Gasteiger partial charge in [0, 0.05) is 17.9 Å². The summed E-state index contributed by atoms with van der Waals surface area (Å²) in [5.74, 6) is -2.04. The lowest BCUT2D eigenvalue weighted by atomic mass is 10.0. The fourth-order valence-corrected chi connectivity index (χ4v) is 4.95. The highest BCUT2D eigenvalue weighted by Crippen LogP contribution is 2.33. The summed E-state index contributed by atoms with van der Waals surface area (Å²) in [6, 6.07) is 17.0. The van der Waals surface area contributed by atoms with E-state index in [2.05, 4.69) is 20.1 Å². The van der Waals surface area contributed by atoms with Gasteiger partial charge in [-0.1, -0.05) is 48.5 Å². The average molecular weight is 585 g/mol. The van der Waals surface area contributed by atoms with Crippen molar-refractivity contribution in [1.29, 1.82) is 0 Å². The number of ether oxygens (including phenoxy) is 1. The number of carbonyl (C=O) groups excluding carboxylic acids is 1. The van der Waals surface area contributed by atoms with E-state index in [-0.39, 0.29) is 41.8 Å². The molecular weight excluding hydrogens is 561 g/mol. The van der Waals surface area contributed by atoms with Crippen molar-refractivity contribution in [3.63, 3.8) is 0 Å². The van der Waals surface area contributed by atoms with Crippen LogP contribution in [0.2, 0.25) is 0 Å². The maximum atomic E-state index is 14.4. The number of methoxy groups -OCH3 is 1.